The fourth-order valence-electron chi connectivity index (χ4n) is 7.68. The Hall–Kier alpha value is -1.39. The number of nitrogens with zero attached hydrogens (tertiary/aromatic N) is 1. The number of nitrogens with one attached hydrogen (secondary N) is 1. The first kappa shape index (κ1) is 19.9. The van der Waals surface area contributed by atoms with Crippen LogP contribution in [0.1, 0.15) is 85.5 Å². The Bertz CT molecular complexity index is 689. The van der Waals surface area contributed by atoms with Crippen LogP contribution in [0.3, 0.4) is 0 Å². The highest BCUT2D eigenvalue weighted by atomic mass is 16.5. The molecule has 4 aliphatic carbocycles. The van der Waals surface area contributed by atoms with Gasteiger partial charge >= 0.3 is 5.97 Å². The van der Waals surface area contributed by atoms with Gasteiger partial charge in [-0.05, 0) is 86.9 Å². The van der Waals surface area contributed by atoms with Crippen molar-refractivity contribution in [1.82, 2.24) is 5.43 Å². The molecule has 0 aromatic heterocycles. The van der Waals surface area contributed by atoms with Gasteiger partial charge in [-0.25, -0.2) is 5.43 Å². The maximum Gasteiger partial charge on any atom is 0.302 e. The number of ether oxygens (including phenoxy) is 1. The van der Waals surface area contributed by atoms with Gasteiger partial charge in [-0.2, -0.15) is 5.10 Å². The minimum atomic E-state index is -0.132. The van der Waals surface area contributed by atoms with E-state index in [2.05, 4.69) is 24.4 Å². The number of amides is 1. The van der Waals surface area contributed by atoms with E-state index in [0.29, 0.717) is 17.3 Å². The number of hydrazone groups is 1. The fourth-order valence-corrected chi connectivity index (χ4v) is 7.68. The highest BCUT2D eigenvalue weighted by molar-refractivity contribution is 5.93. The molecule has 0 radical (unpaired) electrons. The highest BCUT2D eigenvalue weighted by Gasteiger charge is 2.59. The van der Waals surface area contributed by atoms with Gasteiger partial charge in [0.15, 0.2) is 0 Å². The second-order valence-electron chi connectivity index (χ2n) is 10.4. The summed E-state index contributed by atoms with van der Waals surface area (Å²) < 4.78 is 5.58. The van der Waals surface area contributed by atoms with E-state index in [4.69, 9.17) is 4.74 Å². The summed E-state index contributed by atoms with van der Waals surface area (Å²) in [6, 6.07) is 0. The van der Waals surface area contributed by atoms with Crippen LogP contribution < -0.4 is 5.43 Å². The third-order valence-corrected chi connectivity index (χ3v) is 9.04. The summed E-state index contributed by atoms with van der Waals surface area (Å²) in [4.78, 5) is 22.7. The third kappa shape index (κ3) is 3.19. The minimum Gasteiger partial charge on any atom is -0.463 e. The summed E-state index contributed by atoms with van der Waals surface area (Å²) in [5.41, 5.74) is 4.46. The third-order valence-electron chi connectivity index (χ3n) is 9.04. The molecule has 5 heteroatoms. The average molecular weight is 389 g/mol. The molecule has 5 nitrogen and oxygen atoms in total. The molecule has 0 aliphatic heterocycles. The molecule has 4 fully saturated rings. The number of carbonyl (C=O) groups excluding carboxylic acids is 2. The van der Waals surface area contributed by atoms with Gasteiger partial charge in [0.2, 0.25) is 5.91 Å². The Morgan fingerprint density at radius 1 is 1.04 bits per heavy atom. The topological polar surface area (TPSA) is 67.8 Å². The first-order valence-corrected chi connectivity index (χ1v) is 11.2. The fraction of sp³-hybridized carbons (Fsp3) is 0.870. The van der Waals surface area contributed by atoms with Crippen molar-refractivity contribution in [3.05, 3.63) is 0 Å². The Balaban J connectivity index is 1.52. The van der Waals surface area contributed by atoms with Crippen molar-refractivity contribution in [3.8, 4) is 0 Å². The van der Waals surface area contributed by atoms with Crippen molar-refractivity contribution in [2.24, 2.45) is 39.6 Å². The molecule has 0 aromatic rings. The zero-order valence-electron chi connectivity index (χ0n) is 17.9. The second-order valence-corrected chi connectivity index (χ2v) is 10.4. The van der Waals surface area contributed by atoms with Crippen molar-refractivity contribution in [2.75, 3.05) is 0 Å². The Kier molecular flexibility index (Phi) is 5.08. The van der Waals surface area contributed by atoms with E-state index in [0.717, 1.165) is 31.1 Å². The van der Waals surface area contributed by atoms with Crippen LogP contribution in [0, 0.1) is 34.5 Å². The first-order valence-electron chi connectivity index (χ1n) is 11.2. The van der Waals surface area contributed by atoms with Crippen LogP contribution in [0.4, 0.5) is 0 Å². The Morgan fingerprint density at radius 3 is 2.54 bits per heavy atom. The van der Waals surface area contributed by atoms with E-state index in [9.17, 15) is 9.59 Å². The van der Waals surface area contributed by atoms with Crippen molar-refractivity contribution in [2.45, 2.75) is 91.6 Å². The zero-order valence-corrected chi connectivity index (χ0v) is 17.9. The summed E-state index contributed by atoms with van der Waals surface area (Å²) in [6.45, 7) is 7.99. The number of rotatable bonds is 2. The maximum atomic E-state index is 11.4. The lowest BCUT2D eigenvalue weighted by Crippen LogP contribution is -2.54. The SMILES string of the molecule is CC(=O)N/N=C1\CC[C@@H]2[C@@H]3CC[C@H]4C[C@@H](OC(C)=O)CC[C@]4(C)[C@@H]3CC[C@]12C. The molecular weight excluding hydrogens is 352 g/mol. The lowest BCUT2D eigenvalue weighted by Gasteiger charge is -2.60. The molecule has 0 aromatic carbocycles. The smallest absolute Gasteiger partial charge is 0.302 e. The summed E-state index contributed by atoms with van der Waals surface area (Å²) in [5, 5.41) is 4.52. The van der Waals surface area contributed by atoms with Crippen LogP contribution in [-0.4, -0.2) is 23.7 Å². The standard InChI is InChI=1S/C23H36N2O3/c1-14(26)24-25-21-8-7-19-18-6-5-16-13-17(28-15(2)27)9-11-22(16,3)20(18)10-12-23(19,21)4/h16-20H,5-13H2,1-4H3,(H,24,26)/b25-21+/t16-,17-,18-,19+,20+,22-,23-/m0/s1. The summed E-state index contributed by atoms with van der Waals surface area (Å²) in [5.74, 6) is 2.73. The number of carbonyl (C=O) groups is 2. The molecule has 4 rings (SSSR count). The summed E-state index contributed by atoms with van der Waals surface area (Å²) >= 11 is 0. The Labute approximate surface area is 169 Å². The maximum absolute atomic E-state index is 11.4. The van der Waals surface area contributed by atoms with Crippen molar-refractivity contribution >= 4 is 17.6 Å². The van der Waals surface area contributed by atoms with Gasteiger partial charge < -0.3 is 4.74 Å². The molecule has 4 saturated carbocycles. The van der Waals surface area contributed by atoms with Crippen LogP contribution in [0.25, 0.3) is 0 Å². The van der Waals surface area contributed by atoms with Crippen LogP contribution in [0.15, 0.2) is 5.10 Å². The molecule has 0 saturated heterocycles. The van der Waals surface area contributed by atoms with Crippen LogP contribution in [0.5, 0.6) is 0 Å². The van der Waals surface area contributed by atoms with Crippen molar-refractivity contribution < 1.29 is 14.3 Å². The van der Waals surface area contributed by atoms with Crippen LogP contribution in [-0.2, 0) is 14.3 Å². The average Bonchev–Trinajstić information content (AvgIpc) is 2.96. The number of fused-ring (bicyclic) bond motifs is 5. The van der Waals surface area contributed by atoms with Crippen LogP contribution >= 0.6 is 0 Å². The molecule has 4 aliphatic rings. The molecule has 28 heavy (non-hydrogen) atoms. The molecular formula is C23H36N2O3. The molecule has 156 valence electrons. The monoisotopic (exact) mass is 388 g/mol. The molecule has 1 amide bonds. The van der Waals surface area contributed by atoms with Gasteiger partial charge in [0, 0.05) is 25.0 Å². The predicted molar refractivity (Wildman–Crippen MR) is 109 cm³/mol. The zero-order chi connectivity index (χ0) is 20.1. The van der Waals surface area contributed by atoms with E-state index in [1.54, 1.807) is 0 Å². The van der Waals surface area contributed by atoms with Gasteiger partial charge in [0.25, 0.3) is 0 Å². The van der Waals surface area contributed by atoms with E-state index in [1.807, 2.05) is 0 Å². The first-order chi connectivity index (χ1) is 13.2. The predicted octanol–water partition coefficient (Wildman–Crippen LogP) is 4.45. The Morgan fingerprint density at radius 2 is 1.82 bits per heavy atom. The van der Waals surface area contributed by atoms with E-state index < -0.39 is 0 Å². The number of hydrogen-bond acceptors (Lipinski definition) is 4. The molecule has 0 unspecified atom stereocenters. The molecule has 1 N–H and O–H groups in total. The minimum absolute atomic E-state index is 0.0780. The normalized spacial score (nSPS) is 46.3. The quantitative estimate of drug-likeness (QED) is 0.561. The molecule has 0 heterocycles. The summed E-state index contributed by atoms with van der Waals surface area (Å²) in [6.07, 6.45) is 10.6. The van der Waals surface area contributed by atoms with Crippen molar-refractivity contribution in [1.29, 1.82) is 0 Å². The number of hydrogen-bond donors (Lipinski definition) is 1. The van der Waals surface area contributed by atoms with E-state index in [1.165, 1.54) is 58.1 Å². The lowest BCUT2D eigenvalue weighted by molar-refractivity contribution is -0.158. The van der Waals surface area contributed by atoms with Gasteiger partial charge in [-0.15, -0.1) is 0 Å². The summed E-state index contributed by atoms with van der Waals surface area (Å²) in [7, 11) is 0. The molecule has 0 spiro atoms. The highest BCUT2D eigenvalue weighted by Crippen LogP contribution is 2.65. The van der Waals surface area contributed by atoms with Crippen molar-refractivity contribution in [3.63, 3.8) is 0 Å². The van der Waals surface area contributed by atoms with Crippen LogP contribution in [0.2, 0.25) is 0 Å². The lowest BCUT2D eigenvalue weighted by atomic mass is 9.45. The van der Waals surface area contributed by atoms with Gasteiger partial charge in [0.1, 0.15) is 6.10 Å². The largest absolute Gasteiger partial charge is 0.463 e. The number of esters is 1. The molecule has 7 atom stereocenters. The van der Waals surface area contributed by atoms with E-state index in [-0.39, 0.29) is 23.4 Å². The van der Waals surface area contributed by atoms with Gasteiger partial charge in [0.05, 0.1) is 0 Å². The molecule has 0 bridgehead atoms. The second kappa shape index (κ2) is 7.14. The van der Waals surface area contributed by atoms with E-state index >= 15 is 0 Å². The van der Waals surface area contributed by atoms with Gasteiger partial charge in [-0.1, -0.05) is 13.8 Å². The van der Waals surface area contributed by atoms with Gasteiger partial charge in [-0.3, -0.25) is 9.59 Å².